The van der Waals surface area contributed by atoms with Crippen molar-refractivity contribution in [2.45, 2.75) is 6.92 Å². The van der Waals surface area contributed by atoms with Gasteiger partial charge in [-0.05, 0) is 13.0 Å². The van der Waals surface area contributed by atoms with Gasteiger partial charge in [0.2, 0.25) is 7.28 Å². The highest BCUT2D eigenvalue weighted by Gasteiger charge is 2.07. The van der Waals surface area contributed by atoms with Gasteiger partial charge in [-0.3, -0.25) is 0 Å². The van der Waals surface area contributed by atoms with Gasteiger partial charge in [-0.15, -0.1) is 0 Å². The smallest absolute Gasteiger partial charge is 0.337 e. The van der Waals surface area contributed by atoms with Gasteiger partial charge in [-0.25, -0.2) is 4.79 Å². The molecule has 0 saturated heterocycles. The second-order valence-electron chi connectivity index (χ2n) is 2.87. The van der Waals surface area contributed by atoms with E-state index in [0.29, 0.717) is 11.7 Å². The summed E-state index contributed by atoms with van der Waals surface area (Å²) in [5, 5.41) is 0. The maximum absolute atomic E-state index is 11.2. The molecule has 0 aliphatic carbocycles. The Morgan fingerprint density at radius 2 is 2.21 bits per heavy atom. The Hall–Kier alpha value is -1.58. The summed E-state index contributed by atoms with van der Waals surface area (Å²) in [5.74, 6) is -0.398. The van der Waals surface area contributed by atoms with Crippen LogP contribution in [0.15, 0.2) is 18.2 Å². The van der Waals surface area contributed by atoms with E-state index in [-0.39, 0.29) is 0 Å². The molecule has 0 unspecified atom stereocenters. The topological polar surface area (TPSA) is 43.4 Å². The lowest BCUT2D eigenvalue weighted by Gasteiger charge is -2.04. The van der Waals surface area contributed by atoms with Crippen LogP contribution in [0, 0.1) is 6.92 Å². The van der Waals surface area contributed by atoms with E-state index in [1.165, 1.54) is 14.4 Å². The van der Waals surface area contributed by atoms with Crippen LogP contribution in [-0.2, 0) is 9.53 Å². The molecule has 0 aromatic heterocycles. The van der Waals surface area contributed by atoms with Gasteiger partial charge in [0.05, 0.1) is 18.9 Å². The highest BCUT2D eigenvalue weighted by Crippen LogP contribution is 2.02. The largest absolute Gasteiger partial charge is 0.465 e. The Kier molecular flexibility index (Phi) is 3.45. The third kappa shape index (κ3) is 2.22. The number of hydrogen-bond donors (Lipinski definition) is 0. The standard InChI is InChI=1S/C10H10BO3/c1-7-3-4-8(10(13)14-2)5-9(7)11-6-12/h3-6H,1-2H3. The van der Waals surface area contributed by atoms with Gasteiger partial charge < -0.3 is 9.53 Å². The lowest BCUT2D eigenvalue weighted by atomic mass is 9.70. The van der Waals surface area contributed by atoms with Crippen molar-refractivity contribution in [2.24, 2.45) is 0 Å². The van der Waals surface area contributed by atoms with Crippen molar-refractivity contribution in [1.29, 1.82) is 0 Å². The molecule has 1 aromatic rings. The fraction of sp³-hybridized carbons (Fsp3) is 0.200. The number of ether oxygens (including phenoxy) is 1. The summed E-state index contributed by atoms with van der Waals surface area (Å²) in [5.41, 5.74) is 2.14. The molecule has 0 aliphatic heterocycles. The molecule has 0 fully saturated rings. The molecule has 14 heavy (non-hydrogen) atoms. The monoisotopic (exact) mass is 189 g/mol. The molecule has 71 valence electrons. The zero-order valence-electron chi connectivity index (χ0n) is 8.11. The molecular formula is C10H10BO3. The molecule has 0 atom stereocenters. The van der Waals surface area contributed by atoms with Crippen LogP contribution < -0.4 is 5.46 Å². The molecule has 1 aromatic carbocycles. The summed E-state index contributed by atoms with van der Waals surface area (Å²) < 4.78 is 4.57. The van der Waals surface area contributed by atoms with E-state index in [1.54, 1.807) is 18.2 Å². The molecule has 3 nitrogen and oxygen atoms in total. The Morgan fingerprint density at radius 3 is 2.79 bits per heavy atom. The van der Waals surface area contributed by atoms with Gasteiger partial charge in [0.25, 0.3) is 0 Å². The number of methoxy groups -OCH3 is 1. The summed E-state index contributed by atoms with van der Waals surface area (Å²) in [6, 6.07) is 5.08. The molecule has 4 heteroatoms. The van der Waals surface area contributed by atoms with Gasteiger partial charge in [0.1, 0.15) is 0 Å². The second kappa shape index (κ2) is 4.60. The van der Waals surface area contributed by atoms with Crippen molar-refractivity contribution in [3.8, 4) is 0 Å². The number of aryl methyl sites for hydroxylation is 1. The Balaban J connectivity index is 3.05. The maximum Gasteiger partial charge on any atom is 0.337 e. The maximum atomic E-state index is 11.2. The number of esters is 1. The van der Waals surface area contributed by atoms with Crippen LogP contribution in [0.4, 0.5) is 0 Å². The molecule has 1 radical (unpaired) electrons. The molecule has 0 N–H and O–H groups in total. The number of benzene rings is 1. The first kappa shape index (κ1) is 10.5. The van der Waals surface area contributed by atoms with Crippen LogP contribution in [0.3, 0.4) is 0 Å². The van der Waals surface area contributed by atoms with Crippen LogP contribution in [0.25, 0.3) is 0 Å². The van der Waals surface area contributed by atoms with Gasteiger partial charge in [-0.1, -0.05) is 23.2 Å². The second-order valence-corrected chi connectivity index (χ2v) is 2.87. The zero-order valence-corrected chi connectivity index (χ0v) is 8.11. The Bertz CT molecular complexity index is 360. The normalized spacial score (nSPS) is 9.29. The number of rotatable bonds is 3. The lowest BCUT2D eigenvalue weighted by Crippen LogP contribution is -2.20. The van der Waals surface area contributed by atoms with E-state index in [9.17, 15) is 9.59 Å². The van der Waals surface area contributed by atoms with Crippen LogP contribution in [0.5, 0.6) is 0 Å². The zero-order chi connectivity index (χ0) is 10.6. The van der Waals surface area contributed by atoms with Gasteiger partial charge >= 0.3 is 5.97 Å². The van der Waals surface area contributed by atoms with E-state index in [4.69, 9.17) is 0 Å². The summed E-state index contributed by atoms with van der Waals surface area (Å²) >= 11 is 0. The highest BCUT2D eigenvalue weighted by molar-refractivity contribution is 6.78. The fourth-order valence-electron chi connectivity index (χ4n) is 1.14. The average molecular weight is 189 g/mol. The third-order valence-corrected chi connectivity index (χ3v) is 1.95. The molecule has 0 amide bonds. The van der Waals surface area contributed by atoms with Crippen LogP contribution in [0.1, 0.15) is 15.9 Å². The predicted molar refractivity (Wildman–Crippen MR) is 54.7 cm³/mol. The van der Waals surface area contributed by atoms with E-state index in [1.807, 2.05) is 6.92 Å². The van der Waals surface area contributed by atoms with E-state index in [0.717, 1.165) is 11.0 Å². The van der Waals surface area contributed by atoms with Crippen molar-refractivity contribution in [3.63, 3.8) is 0 Å². The molecule has 0 spiro atoms. The molecule has 1 rings (SSSR count). The first-order valence-corrected chi connectivity index (χ1v) is 4.16. The summed E-state index contributed by atoms with van der Waals surface area (Å²) in [7, 11) is 2.74. The van der Waals surface area contributed by atoms with Gasteiger partial charge in [0, 0.05) is 0 Å². The molecule has 0 saturated carbocycles. The molecule has 0 bridgehead atoms. The summed E-state index contributed by atoms with van der Waals surface area (Å²) in [6.07, 6.45) is 0.698. The van der Waals surface area contributed by atoms with E-state index in [2.05, 4.69) is 4.74 Å². The van der Waals surface area contributed by atoms with E-state index >= 15 is 0 Å². The number of hydrogen-bond acceptors (Lipinski definition) is 3. The number of carbonyl (C=O) groups is 2. The minimum absolute atomic E-state index is 0.398. The van der Waals surface area contributed by atoms with Crippen LogP contribution in [-0.4, -0.2) is 26.5 Å². The average Bonchev–Trinajstić information content (AvgIpc) is 2.20. The van der Waals surface area contributed by atoms with Crippen molar-refractivity contribution >= 4 is 24.9 Å². The Morgan fingerprint density at radius 1 is 1.50 bits per heavy atom. The van der Waals surface area contributed by atoms with Gasteiger partial charge in [0.15, 0.2) is 0 Å². The van der Waals surface area contributed by atoms with Crippen LogP contribution in [0.2, 0.25) is 0 Å². The molecule has 0 heterocycles. The predicted octanol–water partition coefficient (Wildman–Crippen LogP) is 0.301. The number of carbonyl (C=O) groups excluding carboxylic acids is 2. The fourth-order valence-corrected chi connectivity index (χ4v) is 1.14. The lowest BCUT2D eigenvalue weighted by molar-refractivity contribution is 0.0601. The first-order valence-electron chi connectivity index (χ1n) is 4.16. The quantitative estimate of drug-likeness (QED) is 0.390. The SMILES string of the molecule is COC(=O)c1ccc(C)c([B]C=O)c1. The van der Waals surface area contributed by atoms with Crippen molar-refractivity contribution in [2.75, 3.05) is 7.11 Å². The van der Waals surface area contributed by atoms with Crippen molar-refractivity contribution < 1.29 is 14.3 Å². The summed E-state index contributed by atoms with van der Waals surface area (Å²) in [4.78, 5) is 21.5. The molecule has 0 aliphatic rings. The van der Waals surface area contributed by atoms with E-state index < -0.39 is 5.97 Å². The molecular weight excluding hydrogens is 179 g/mol. The van der Waals surface area contributed by atoms with Gasteiger partial charge in [-0.2, -0.15) is 0 Å². The van der Waals surface area contributed by atoms with Crippen molar-refractivity contribution in [3.05, 3.63) is 29.3 Å². The van der Waals surface area contributed by atoms with Crippen molar-refractivity contribution in [1.82, 2.24) is 0 Å². The van der Waals surface area contributed by atoms with Crippen LogP contribution >= 0.6 is 0 Å². The first-order chi connectivity index (χ1) is 6.69. The minimum Gasteiger partial charge on any atom is -0.465 e. The Labute approximate surface area is 83.3 Å². The summed E-state index contributed by atoms with van der Waals surface area (Å²) in [6.45, 7) is 1.87. The minimum atomic E-state index is -0.398. The third-order valence-electron chi connectivity index (χ3n) is 1.95. The highest BCUT2D eigenvalue weighted by atomic mass is 16.5.